The number of cyclic esters (lactones) is 1. The molecule has 1 aliphatic rings. The molecule has 0 bridgehead atoms. The first kappa shape index (κ1) is 18.9. The van der Waals surface area contributed by atoms with Crippen LogP contribution in [0, 0.1) is 0 Å². The first-order valence-electron chi connectivity index (χ1n) is 7.71. The Kier molecular flexibility index (Phi) is 5.94. The van der Waals surface area contributed by atoms with Gasteiger partial charge >= 0.3 is 161 Å². The Labute approximate surface area is 160 Å². The summed E-state index contributed by atoms with van der Waals surface area (Å²) in [5.74, 6) is -6.10. The molecule has 26 heavy (non-hydrogen) atoms. The molecule has 2 aromatic carbocycles. The van der Waals surface area contributed by atoms with Gasteiger partial charge in [0.2, 0.25) is 0 Å². The quantitative estimate of drug-likeness (QED) is 0.401. The summed E-state index contributed by atoms with van der Waals surface area (Å²) in [5, 5.41) is 0. The van der Waals surface area contributed by atoms with Crippen LogP contribution in [0.15, 0.2) is 60.7 Å². The molecule has 1 unspecified atom stereocenters. The summed E-state index contributed by atoms with van der Waals surface area (Å²) < 4.78 is 44.2. The Morgan fingerprint density at radius 1 is 1.08 bits per heavy atom. The van der Waals surface area contributed by atoms with Crippen LogP contribution in [0.2, 0.25) is 0 Å². The van der Waals surface area contributed by atoms with E-state index in [2.05, 4.69) is 0 Å². The molecule has 1 heterocycles. The molecule has 5 nitrogen and oxygen atoms in total. The van der Waals surface area contributed by atoms with Crippen molar-refractivity contribution in [2.24, 2.45) is 0 Å². The molecule has 0 saturated carbocycles. The van der Waals surface area contributed by atoms with Gasteiger partial charge in [0, 0.05) is 0 Å². The van der Waals surface area contributed by atoms with Crippen molar-refractivity contribution in [3.05, 3.63) is 66.2 Å². The fourth-order valence-electron chi connectivity index (χ4n) is 2.30. The second-order valence-corrected chi connectivity index (χ2v) is 9.02. The Hall–Kier alpha value is -1.92. The number of ether oxygens (including phenoxy) is 2. The maximum absolute atomic E-state index is 14.1. The molecule has 0 aromatic heterocycles. The Morgan fingerprint density at radius 2 is 1.69 bits per heavy atom. The topological polar surface area (TPSA) is 61.8 Å². The van der Waals surface area contributed by atoms with Gasteiger partial charge in [-0.2, -0.15) is 0 Å². The van der Waals surface area contributed by atoms with Crippen LogP contribution in [-0.2, 0) is 17.1 Å². The monoisotopic (exact) mass is 557 g/mol. The van der Waals surface area contributed by atoms with E-state index in [0.717, 1.165) is 3.27 Å². The summed E-state index contributed by atoms with van der Waals surface area (Å²) in [6.45, 7) is -0.490. The van der Waals surface area contributed by atoms with E-state index < -0.39 is 60.4 Å². The van der Waals surface area contributed by atoms with Crippen LogP contribution in [0.3, 0.4) is 0 Å². The normalized spacial score (nSPS) is 21.2. The molecule has 0 aliphatic carbocycles. The van der Waals surface area contributed by atoms with E-state index in [-0.39, 0.29) is 5.56 Å². The fourth-order valence-corrected chi connectivity index (χ4v) is 5.40. The average Bonchev–Trinajstić information content (AvgIpc) is 2.88. The number of halogens is 2. The van der Waals surface area contributed by atoms with Gasteiger partial charge in [0.05, 0.1) is 0 Å². The molecule has 1 saturated heterocycles. The number of benzene rings is 2. The van der Waals surface area contributed by atoms with Crippen LogP contribution in [0.5, 0.6) is 0 Å². The molecule has 1 radical (unpaired) electrons. The molecule has 2 aromatic rings. The van der Waals surface area contributed by atoms with E-state index in [4.69, 9.17) is 12.3 Å². The van der Waals surface area contributed by atoms with Gasteiger partial charge < -0.3 is 0 Å². The van der Waals surface area contributed by atoms with E-state index in [1.54, 1.807) is 42.5 Å². The number of rotatable bonds is 6. The van der Waals surface area contributed by atoms with E-state index in [9.17, 15) is 18.4 Å². The van der Waals surface area contributed by atoms with E-state index >= 15 is 0 Å². The maximum atomic E-state index is 14.1. The van der Waals surface area contributed by atoms with Gasteiger partial charge in [-0.1, -0.05) is 0 Å². The van der Waals surface area contributed by atoms with Crippen LogP contribution in [0.1, 0.15) is 10.4 Å². The minimum atomic E-state index is -3.76. The van der Waals surface area contributed by atoms with Gasteiger partial charge in [-0.3, -0.25) is 0 Å². The summed E-state index contributed by atoms with van der Waals surface area (Å²) in [6.07, 6.45) is -3.09. The third-order valence-electron chi connectivity index (χ3n) is 3.64. The molecule has 0 N–H and O–H groups in total. The zero-order valence-electron chi connectivity index (χ0n) is 13.4. The van der Waals surface area contributed by atoms with Crippen LogP contribution >= 0.6 is 0 Å². The third kappa shape index (κ3) is 4.25. The van der Waals surface area contributed by atoms with Gasteiger partial charge in [-0.05, 0) is 0 Å². The summed E-state index contributed by atoms with van der Waals surface area (Å²) in [5.41, 5.74) is 0.280. The summed E-state index contributed by atoms with van der Waals surface area (Å²) in [7, 11) is 0. The molecule has 1 fully saturated rings. The molecule has 8 heteroatoms. The second-order valence-electron chi connectivity index (χ2n) is 5.48. The summed E-state index contributed by atoms with van der Waals surface area (Å²) in [6, 6.07) is 17.1. The molecule has 2 atom stereocenters. The van der Waals surface area contributed by atoms with Crippen molar-refractivity contribution in [2.75, 3.05) is 6.61 Å². The molecule has 135 valence electrons. The van der Waals surface area contributed by atoms with E-state index in [1.165, 1.54) is 12.1 Å². The number of carbonyl (C=O) groups is 2. The zero-order chi connectivity index (χ0) is 18.6. The summed E-state index contributed by atoms with van der Waals surface area (Å²) in [4.78, 5) is 23.4. The average molecular weight is 557 g/mol. The van der Waals surface area contributed by atoms with Gasteiger partial charge in [0.1, 0.15) is 0 Å². The molecule has 0 spiro atoms. The molecule has 3 rings (SSSR count). The predicted molar refractivity (Wildman–Crippen MR) is 88.3 cm³/mol. The Bertz CT molecular complexity index is 770. The number of hydrogen-bond acceptors (Lipinski definition) is 5. The summed E-state index contributed by atoms with van der Waals surface area (Å²) >= 11 is -1.92. The van der Waals surface area contributed by atoms with Crippen molar-refractivity contribution in [3.8, 4) is 0 Å². The van der Waals surface area contributed by atoms with Gasteiger partial charge in [0.25, 0.3) is 0 Å². The number of esters is 2. The van der Waals surface area contributed by atoms with Crippen LogP contribution in [-0.4, -0.2) is 60.4 Å². The fraction of sp³-hybridized carbons (Fsp3) is 0.222. The van der Waals surface area contributed by atoms with E-state index in [1.807, 2.05) is 6.07 Å². The predicted octanol–water partition coefficient (Wildman–Crippen LogP) is 1.73. The van der Waals surface area contributed by atoms with Crippen molar-refractivity contribution in [1.29, 1.82) is 0 Å². The zero-order valence-corrected chi connectivity index (χ0v) is 16.9. The standard InChI is InChI=1S/C12H9F2O5.C6H5.Bi/c13-12(14)9(15)8(19-11(12)17)6-18-10(16)7-4-2-1-3-5-7;1-2-4-6-5-3-1;/h1-5,8-9H,6H2;1-5H;/q-1;;+1/t8-,9?;;/m1../s1. The van der Waals surface area contributed by atoms with Gasteiger partial charge in [0.15, 0.2) is 0 Å². The van der Waals surface area contributed by atoms with Crippen molar-refractivity contribution >= 4 is 38.9 Å². The third-order valence-corrected chi connectivity index (χ3v) is 6.91. The van der Waals surface area contributed by atoms with Crippen molar-refractivity contribution in [1.82, 2.24) is 0 Å². The number of hydrogen-bond donors (Lipinski definition) is 0. The first-order chi connectivity index (χ1) is 12.5. The Morgan fingerprint density at radius 3 is 2.35 bits per heavy atom. The number of carbonyl (C=O) groups excluding carboxylic acids is 2. The van der Waals surface area contributed by atoms with E-state index in [0.29, 0.717) is 0 Å². The van der Waals surface area contributed by atoms with Gasteiger partial charge in [-0.15, -0.1) is 0 Å². The molecule has 1 aliphatic heterocycles. The van der Waals surface area contributed by atoms with Crippen molar-refractivity contribution in [3.63, 3.8) is 0 Å². The molecular weight excluding hydrogens is 543 g/mol. The first-order valence-corrected chi connectivity index (χ1v) is 10.9. The van der Waals surface area contributed by atoms with Crippen LogP contribution in [0.25, 0.3) is 0 Å². The second kappa shape index (κ2) is 8.19. The van der Waals surface area contributed by atoms with Gasteiger partial charge in [-0.25, -0.2) is 0 Å². The van der Waals surface area contributed by atoms with Crippen LogP contribution in [0.4, 0.5) is 8.78 Å². The van der Waals surface area contributed by atoms with Crippen LogP contribution < -0.4 is 3.27 Å². The SMILES string of the molecule is O=C(OC[C@H]1OC(=O)C(F)(F)C1[O][Bi][c]1ccccc1)c1ccccc1. The minimum absolute atomic E-state index is 0.280. The number of alkyl halides is 2. The molecular formula is C18H14BiF2O5. The van der Waals surface area contributed by atoms with Crippen molar-refractivity contribution < 1.29 is 30.7 Å². The van der Waals surface area contributed by atoms with Crippen molar-refractivity contribution in [2.45, 2.75) is 18.1 Å². The molecule has 0 amide bonds. The Balaban J connectivity index is 1.64.